The Kier molecular flexibility index (Phi) is 8240. The fraction of sp³-hybridized carbons (Fsp3) is 0. The van der Waals surface area contributed by atoms with Gasteiger partial charge in [0.2, 0.25) is 0 Å². The van der Waals surface area contributed by atoms with Crippen molar-refractivity contribution in [2.45, 2.75) is 0 Å². The molecule has 0 aromatic rings. The fourth-order valence-electron chi connectivity index (χ4n) is 0. The Morgan fingerprint density at radius 1 is 0.571 bits per heavy atom. The summed E-state index contributed by atoms with van der Waals surface area (Å²) in [6.07, 6.45) is 0. The molecule has 4 heteroatoms. The van der Waals surface area contributed by atoms with Gasteiger partial charge in [0.15, 0.2) is 0 Å². The van der Waals surface area contributed by atoms with Gasteiger partial charge in [0.1, 0.15) is 0 Å². The van der Waals surface area contributed by atoms with Crippen molar-refractivity contribution in [1.82, 2.24) is 0 Å². The first kappa shape index (κ1) is 29.6. The molecule has 0 saturated heterocycles. The van der Waals surface area contributed by atoms with Crippen LogP contribution in [0.3, 0.4) is 0 Å². The van der Waals surface area contributed by atoms with Crippen molar-refractivity contribution < 1.29 is 38.2 Å². The van der Waals surface area contributed by atoms with Gasteiger partial charge in [-0.25, -0.2) is 0 Å². The second kappa shape index (κ2) is 1950. The quantitative estimate of drug-likeness (QED) is 0.571. The molecule has 0 N–H and O–H groups in total. The molecule has 0 aromatic heterocycles. The molecule has 0 spiro atoms. The van der Waals surface area contributed by atoms with Gasteiger partial charge in [-0.15, -0.1) is 0 Å². The molecule has 7 heavy (non-hydrogen) atoms. The molecule has 0 rings (SSSR count). The molecular formula is C3DyN3. The Morgan fingerprint density at radius 3 is 0.571 bits per heavy atom. The van der Waals surface area contributed by atoms with E-state index in [9.17, 15) is 0 Å². The van der Waals surface area contributed by atoms with Crippen LogP contribution in [0.1, 0.15) is 0 Å². The SMILES string of the molecule is [C-]#N.[C-]#N.[C-]#N.[Dy+3]. The van der Waals surface area contributed by atoms with Gasteiger partial charge < -0.3 is 35.5 Å². The van der Waals surface area contributed by atoms with Crippen molar-refractivity contribution in [1.29, 1.82) is 15.8 Å². The first-order valence-electron chi connectivity index (χ1n) is 0.671. The van der Waals surface area contributed by atoms with Crippen LogP contribution in [-0.4, -0.2) is 0 Å². The summed E-state index contributed by atoms with van der Waals surface area (Å²) in [5, 5.41) is 18.8. The molecule has 0 saturated carbocycles. The number of nitrogens with zero attached hydrogens (tertiary/aromatic N) is 3. The average Bonchev–Trinajstić information content (AvgIpc) is 1.81. The van der Waals surface area contributed by atoms with Crippen LogP contribution in [-0.2, 0) is 0 Å². The summed E-state index contributed by atoms with van der Waals surface area (Å²) in [5.41, 5.74) is 0. The van der Waals surface area contributed by atoms with Crippen LogP contribution in [0.25, 0.3) is 0 Å². The van der Waals surface area contributed by atoms with E-state index in [1.54, 1.807) is 0 Å². The maximum Gasteiger partial charge on any atom is 3.00 e. The molecule has 0 aliphatic heterocycles. The van der Waals surface area contributed by atoms with Gasteiger partial charge in [-0.05, 0) is 0 Å². The molecule has 0 heterocycles. The van der Waals surface area contributed by atoms with Crippen molar-refractivity contribution in [2.75, 3.05) is 0 Å². The van der Waals surface area contributed by atoms with Gasteiger partial charge >= 0.3 is 38.2 Å². The Labute approximate surface area is 73.2 Å². The third-order valence-electron chi connectivity index (χ3n) is 0. The summed E-state index contributed by atoms with van der Waals surface area (Å²) in [5.74, 6) is 0. The minimum atomic E-state index is 0. The van der Waals surface area contributed by atoms with E-state index in [0.717, 1.165) is 0 Å². The third-order valence-corrected chi connectivity index (χ3v) is 0. The molecule has 0 amide bonds. The largest absolute Gasteiger partial charge is 3.00 e. The Morgan fingerprint density at radius 2 is 0.571 bits per heavy atom. The summed E-state index contributed by atoms with van der Waals surface area (Å²) in [6.45, 7) is 14.2. The minimum Gasteiger partial charge on any atom is -0.512 e. The second-order valence-corrected chi connectivity index (χ2v) is 0. The monoisotopic (exact) mass is 242 g/mol. The van der Waals surface area contributed by atoms with Gasteiger partial charge in [-0.2, -0.15) is 0 Å². The zero-order valence-corrected chi connectivity index (χ0v) is 5.19. The van der Waals surface area contributed by atoms with E-state index >= 15 is 0 Å². The first-order valence-corrected chi connectivity index (χ1v) is 0.671. The molecule has 0 bridgehead atoms. The van der Waals surface area contributed by atoms with Crippen molar-refractivity contribution in [2.24, 2.45) is 0 Å². The zero-order valence-electron chi connectivity index (χ0n) is 3.16. The number of hydrogen-bond acceptors (Lipinski definition) is 3. The zero-order chi connectivity index (χ0) is 6.00. The molecule has 0 aliphatic rings. The van der Waals surface area contributed by atoms with Crippen LogP contribution in [0.4, 0.5) is 0 Å². The minimum absolute atomic E-state index is 0. The fourth-order valence-corrected chi connectivity index (χ4v) is 0. The van der Waals surface area contributed by atoms with Crippen LogP contribution in [0, 0.1) is 73.7 Å². The molecule has 0 atom stereocenters. The van der Waals surface area contributed by atoms with Crippen LogP contribution in [0.5, 0.6) is 0 Å². The maximum absolute atomic E-state index is 6.25. The molecule has 0 unspecified atom stereocenters. The summed E-state index contributed by atoms with van der Waals surface area (Å²) in [4.78, 5) is 0. The van der Waals surface area contributed by atoms with Gasteiger partial charge in [-0.1, -0.05) is 0 Å². The molecule has 1 radical (unpaired) electrons. The van der Waals surface area contributed by atoms with Gasteiger partial charge in [-0.3, -0.25) is 0 Å². The van der Waals surface area contributed by atoms with Gasteiger partial charge in [0.05, 0.1) is 0 Å². The van der Waals surface area contributed by atoms with Crippen LogP contribution in [0.15, 0.2) is 0 Å². The molecular weight excluding hydrogens is 241 g/mol. The smallest absolute Gasteiger partial charge is 0.512 e. The Balaban J connectivity index is -0.00000000900. The average molecular weight is 241 g/mol. The predicted molar refractivity (Wildman–Crippen MR) is 14.9 cm³/mol. The standard InChI is InChI=1S/3CN.Dy/c3*1-2;/q3*-1;+3. The van der Waals surface area contributed by atoms with E-state index in [1.165, 1.54) is 0 Å². The predicted octanol–water partition coefficient (Wildman–Crippen LogP) is 0.289. The van der Waals surface area contributed by atoms with Crippen molar-refractivity contribution >= 4 is 0 Å². The Bertz CT molecular complexity index is 38.7. The Hall–Kier alpha value is -0.257. The van der Waals surface area contributed by atoms with Gasteiger partial charge in [0.25, 0.3) is 0 Å². The van der Waals surface area contributed by atoms with E-state index < -0.39 is 0 Å². The van der Waals surface area contributed by atoms with E-state index in [-0.39, 0.29) is 38.2 Å². The van der Waals surface area contributed by atoms with E-state index in [4.69, 9.17) is 35.5 Å². The first-order chi connectivity index (χ1) is 3.00. The normalized spacial score (nSPS) is 0.857. The van der Waals surface area contributed by atoms with E-state index in [1.807, 2.05) is 0 Å². The van der Waals surface area contributed by atoms with E-state index in [2.05, 4.69) is 0 Å². The van der Waals surface area contributed by atoms with E-state index in [0.29, 0.717) is 0 Å². The summed E-state index contributed by atoms with van der Waals surface area (Å²) in [7, 11) is 0. The number of rotatable bonds is 0. The molecule has 0 aliphatic carbocycles. The van der Waals surface area contributed by atoms with Crippen LogP contribution in [0.2, 0.25) is 0 Å². The summed E-state index contributed by atoms with van der Waals surface area (Å²) >= 11 is 0. The molecule has 37 valence electrons. The third kappa shape index (κ3) is 1220. The molecule has 3 nitrogen and oxygen atoms in total. The maximum atomic E-state index is 6.25. The molecule has 0 aromatic carbocycles. The van der Waals surface area contributed by atoms with Crippen molar-refractivity contribution in [3.8, 4) is 0 Å². The van der Waals surface area contributed by atoms with Crippen molar-refractivity contribution in [3.63, 3.8) is 0 Å². The van der Waals surface area contributed by atoms with Gasteiger partial charge in [0, 0.05) is 0 Å². The summed E-state index contributed by atoms with van der Waals surface area (Å²) < 4.78 is 0. The van der Waals surface area contributed by atoms with Crippen LogP contribution < -0.4 is 0 Å². The molecule has 0 fully saturated rings. The van der Waals surface area contributed by atoms with Crippen LogP contribution >= 0.6 is 0 Å². The summed E-state index contributed by atoms with van der Waals surface area (Å²) in [6, 6.07) is 0. The number of hydrogen-bond donors (Lipinski definition) is 0. The van der Waals surface area contributed by atoms with Crippen molar-refractivity contribution in [3.05, 3.63) is 19.7 Å². The topological polar surface area (TPSA) is 71.4 Å². The second-order valence-electron chi connectivity index (χ2n) is 0.